The largest absolute Gasteiger partial charge is 0.103 e. The van der Waals surface area contributed by atoms with Crippen LogP contribution in [0.4, 0.5) is 0 Å². The highest BCUT2D eigenvalue weighted by Gasteiger charge is 2.02. The lowest BCUT2D eigenvalue weighted by molar-refractivity contribution is 1.03. The van der Waals surface area contributed by atoms with E-state index in [-0.39, 0.29) is 0 Å². The van der Waals surface area contributed by atoms with Gasteiger partial charge in [0.05, 0.1) is 0 Å². The summed E-state index contributed by atoms with van der Waals surface area (Å²) in [5.74, 6) is 0. The van der Waals surface area contributed by atoms with Gasteiger partial charge in [0.25, 0.3) is 0 Å². The molecule has 0 saturated carbocycles. The molecule has 54 valence electrons. The van der Waals surface area contributed by atoms with Crippen LogP contribution in [0.3, 0.4) is 0 Å². The van der Waals surface area contributed by atoms with Crippen LogP contribution >= 0.6 is 15.9 Å². The number of hydrogen-bond acceptors (Lipinski definition) is 0. The Bertz CT molecular complexity index is 177. The van der Waals surface area contributed by atoms with Gasteiger partial charge in [-0.25, -0.2) is 0 Å². The second kappa shape index (κ2) is 3.77. The molecule has 1 heteroatoms. The average Bonchev–Trinajstić information content (AvgIpc) is 1.95. The summed E-state index contributed by atoms with van der Waals surface area (Å²) in [6, 6.07) is 0. The van der Waals surface area contributed by atoms with E-state index < -0.39 is 0 Å². The third kappa shape index (κ3) is 2.14. The first kappa shape index (κ1) is 7.80. The van der Waals surface area contributed by atoms with Gasteiger partial charge in [0, 0.05) is 4.83 Å². The Morgan fingerprint density at radius 1 is 1.80 bits per heavy atom. The second-order valence-electron chi connectivity index (χ2n) is 2.38. The Balaban J connectivity index is 2.49. The first-order chi connectivity index (χ1) is 4.83. The van der Waals surface area contributed by atoms with Gasteiger partial charge in [-0.3, -0.25) is 0 Å². The first-order valence-electron chi connectivity index (χ1n) is 3.45. The molecule has 0 aromatic rings. The molecule has 1 atom stereocenters. The minimum Gasteiger partial charge on any atom is -0.103 e. The van der Waals surface area contributed by atoms with Gasteiger partial charge in [0.2, 0.25) is 0 Å². The molecule has 0 heterocycles. The fraction of sp³-hybridized carbons (Fsp3) is 0.333. The van der Waals surface area contributed by atoms with E-state index in [1.807, 2.05) is 6.08 Å². The predicted octanol–water partition coefficient (Wildman–Crippen LogP) is 3.21. The summed E-state index contributed by atoms with van der Waals surface area (Å²) in [5.41, 5.74) is 1.38. The van der Waals surface area contributed by atoms with Gasteiger partial charge < -0.3 is 0 Å². The van der Waals surface area contributed by atoms with E-state index in [1.165, 1.54) is 5.57 Å². The van der Waals surface area contributed by atoms with E-state index in [0.717, 1.165) is 12.8 Å². The van der Waals surface area contributed by atoms with E-state index in [4.69, 9.17) is 0 Å². The zero-order valence-corrected chi connectivity index (χ0v) is 7.47. The lowest BCUT2D eigenvalue weighted by Gasteiger charge is -2.07. The van der Waals surface area contributed by atoms with Crippen LogP contribution in [0.5, 0.6) is 0 Å². The van der Waals surface area contributed by atoms with Gasteiger partial charge in [-0.2, -0.15) is 0 Å². The van der Waals surface area contributed by atoms with Gasteiger partial charge >= 0.3 is 0 Å². The van der Waals surface area contributed by atoms with Crippen molar-refractivity contribution < 1.29 is 0 Å². The van der Waals surface area contributed by atoms with Crippen LogP contribution in [0.15, 0.2) is 36.5 Å². The molecular weight excluding hydrogens is 188 g/mol. The van der Waals surface area contributed by atoms with Crippen LogP contribution < -0.4 is 0 Å². The molecular formula is C9H11Br. The van der Waals surface area contributed by atoms with Crippen molar-refractivity contribution in [1.82, 2.24) is 0 Å². The molecule has 1 unspecified atom stereocenters. The maximum Gasteiger partial charge on any atom is 0.0363 e. The third-order valence-electron chi connectivity index (χ3n) is 1.50. The van der Waals surface area contributed by atoms with E-state index in [0.29, 0.717) is 4.83 Å². The highest BCUT2D eigenvalue weighted by atomic mass is 79.9. The van der Waals surface area contributed by atoms with E-state index >= 15 is 0 Å². The summed E-state index contributed by atoms with van der Waals surface area (Å²) in [6.45, 7) is 3.69. The summed E-state index contributed by atoms with van der Waals surface area (Å²) < 4.78 is 0. The van der Waals surface area contributed by atoms with E-state index in [2.05, 4.69) is 40.7 Å². The van der Waals surface area contributed by atoms with Gasteiger partial charge in [-0.05, 0) is 18.4 Å². The van der Waals surface area contributed by atoms with Crippen LogP contribution in [0.25, 0.3) is 0 Å². The Labute approximate surface area is 70.5 Å². The summed E-state index contributed by atoms with van der Waals surface area (Å²) in [4.78, 5) is 0.543. The lowest BCUT2D eigenvalue weighted by atomic mass is 10.0. The van der Waals surface area contributed by atoms with Crippen molar-refractivity contribution in [3.05, 3.63) is 36.5 Å². The van der Waals surface area contributed by atoms with Gasteiger partial charge in [0.15, 0.2) is 0 Å². The summed E-state index contributed by atoms with van der Waals surface area (Å²) >= 11 is 3.51. The zero-order valence-electron chi connectivity index (χ0n) is 5.89. The molecule has 0 saturated heterocycles. The van der Waals surface area contributed by atoms with Crippen molar-refractivity contribution in [3.8, 4) is 0 Å². The van der Waals surface area contributed by atoms with Crippen molar-refractivity contribution in [2.75, 3.05) is 0 Å². The second-order valence-corrected chi connectivity index (χ2v) is 3.56. The minimum atomic E-state index is 0.543. The molecule has 10 heavy (non-hydrogen) atoms. The quantitative estimate of drug-likeness (QED) is 0.473. The van der Waals surface area contributed by atoms with Crippen molar-refractivity contribution in [2.24, 2.45) is 0 Å². The maximum absolute atomic E-state index is 3.69. The lowest BCUT2D eigenvalue weighted by Crippen LogP contribution is -1.95. The van der Waals surface area contributed by atoms with Gasteiger partial charge in [0.1, 0.15) is 0 Å². The van der Waals surface area contributed by atoms with Crippen molar-refractivity contribution >= 4 is 15.9 Å². The van der Waals surface area contributed by atoms with Crippen LogP contribution in [-0.4, -0.2) is 4.83 Å². The molecule has 0 aromatic heterocycles. The Morgan fingerprint density at radius 3 is 3.10 bits per heavy atom. The van der Waals surface area contributed by atoms with Gasteiger partial charge in [-0.15, -0.1) is 6.58 Å². The smallest absolute Gasteiger partial charge is 0.0363 e. The maximum atomic E-state index is 3.69. The zero-order chi connectivity index (χ0) is 7.40. The van der Waals surface area contributed by atoms with Crippen LogP contribution in [0, 0.1) is 0 Å². The third-order valence-corrected chi connectivity index (χ3v) is 2.18. The summed E-state index contributed by atoms with van der Waals surface area (Å²) in [5, 5.41) is 0. The van der Waals surface area contributed by atoms with Crippen LogP contribution in [-0.2, 0) is 0 Å². The average molecular weight is 199 g/mol. The molecule has 0 aromatic carbocycles. The monoisotopic (exact) mass is 198 g/mol. The fourth-order valence-electron chi connectivity index (χ4n) is 0.957. The van der Waals surface area contributed by atoms with Crippen molar-refractivity contribution in [1.29, 1.82) is 0 Å². The number of allylic oxidation sites excluding steroid dienone is 5. The first-order valence-corrected chi connectivity index (χ1v) is 4.36. The van der Waals surface area contributed by atoms with Gasteiger partial charge in [-0.1, -0.05) is 40.2 Å². The molecule has 0 bridgehead atoms. The van der Waals surface area contributed by atoms with Crippen LogP contribution in [0.2, 0.25) is 0 Å². The molecule has 0 amide bonds. The number of hydrogen-bond donors (Lipinski definition) is 0. The molecule has 0 radical (unpaired) electrons. The van der Waals surface area contributed by atoms with Crippen LogP contribution in [0.1, 0.15) is 12.8 Å². The summed E-state index contributed by atoms with van der Waals surface area (Å²) in [7, 11) is 0. The molecule has 0 N–H and O–H groups in total. The van der Waals surface area contributed by atoms with Crippen molar-refractivity contribution in [2.45, 2.75) is 17.7 Å². The topological polar surface area (TPSA) is 0 Å². The molecule has 0 nitrogen and oxygen atoms in total. The Hall–Kier alpha value is -0.300. The number of rotatable bonds is 2. The standard InChI is InChI=1S/C9H11Br/c1-2-3-8-4-6-9(10)7-5-8/h2,4-6,9H,1,3,7H2. The molecule has 0 spiro atoms. The molecule has 0 fully saturated rings. The normalized spacial score (nSPS) is 24.1. The fourth-order valence-corrected chi connectivity index (χ4v) is 1.30. The Morgan fingerprint density at radius 2 is 2.60 bits per heavy atom. The molecule has 0 aliphatic heterocycles. The molecule has 1 aliphatic carbocycles. The highest BCUT2D eigenvalue weighted by Crippen LogP contribution is 2.18. The summed E-state index contributed by atoms with van der Waals surface area (Å²) in [6.07, 6.45) is 10.6. The van der Waals surface area contributed by atoms with E-state index in [9.17, 15) is 0 Å². The highest BCUT2D eigenvalue weighted by molar-refractivity contribution is 9.09. The SMILES string of the molecule is C=CCC1=CCC(Br)C=C1. The van der Waals surface area contributed by atoms with E-state index in [1.54, 1.807) is 0 Å². The number of alkyl halides is 1. The molecule has 1 rings (SSSR count). The predicted molar refractivity (Wildman–Crippen MR) is 49.4 cm³/mol. The Kier molecular flexibility index (Phi) is 2.94. The number of halogens is 1. The molecule has 1 aliphatic rings. The van der Waals surface area contributed by atoms with Crippen molar-refractivity contribution in [3.63, 3.8) is 0 Å². The minimum absolute atomic E-state index is 0.543.